The molecule has 0 spiro atoms. The largest absolute Gasteiger partial charge is 0.465 e. The molecule has 16 heavy (non-hydrogen) atoms. The third-order valence-corrected chi connectivity index (χ3v) is 3.01. The maximum absolute atomic E-state index is 11.3. The second-order valence-corrected chi connectivity index (χ2v) is 4.91. The van der Waals surface area contributed by atoms with Crippen LogP contribution in [0.15, 0.2) is 21.2 Å². The van der Waals surface area contributed by atoms with Crippen LogP contribution in [-0.2, 0) is 16.0 Å². The summed E-state index contributed by atoms with van der Waals surface area (Å²) in [6.07, 6.45) is 2.02. The fourth-order valence-electron chi connectivity index (χ4n) is 1.13. The van der Waals surface area contributed by atoms with Crippen LogP contribution in [0.25, 0.3) is 0 Å². The lowest BCUT2D eigenvalue weighted by Gasteiger charge is -2.11. The highest BCUT2D eigenvalue weighted by Crippen LogP contribution is 2.20. The molecule has 4 nitrogen and oxygen atoms in total. The number of pyridine rings is 1. The highest BCUT2D eigenvalue weighted by molar-refractivity contribution is 9.11. The number of carbonyl (C=O) groups is 1. The van der Waals surface area contributed by atoms with E-state index in [2.05, 4.69) is 36.8 Å². The van der Waals surface area contributed by atoms with E-state index in [0.29, 0.717) is 13.0 Å². The predicted octanol–water partition coefficient (Wildman–Crippen LogP) is 2.04. The zero-order valence-corrected chi connectivity index (χ0v) is 11.9. The first-order valence-electron chi connectivity index (χ1n) is 4.76. The minimum Gasteiger partial charge on any atom is -0.465 e. The number of ether oxygens (including phenoxy) is 1. The summed E-state index contributed by atoms with van der Waals surface area (Å²) in [5.74, 6) is -0.404. The SMILES string of the molecule is CCOC(=O)C(N)Cc1ncc(Br)cc1Br. The monoisotopic (exact) mass is 350 g/mol. The van der Waals surface area contributed by atoms with Gasteiger partial charge in [0.2, 0.25) is 0 Å². The topological polar surface area (TPSA) is 65.2 Å². The molecule has 0 saturated carbocycles. The normalized spacial score (nSPS) is 12.2. The fourth-order valence-corrected chi connectivity index (χ4v) is 2.28. The molecule has 6 heteroatoms. The van der Waals surface area contributed by atoms with Gasteiger partial charge in [0, 0.05) is 21.6 Å². The van der Waals surface area contributed by atoms with Gasteiger partial charge in [0.05, 0.1) is 12.3 Å². The van der Waals surface area contributed by atoms with Crippen molar-refractivity contribution in [2.45, 2.75) is 19.4 Å². The molecule has 1 aromatic heterocycles. The molecule has 1 rings (SSSR count). The molecule has 2 N–H and O–H groups in total. The number of nitrogens with zero attached hydrogens (tertiary/aromatic N) is 1. The lowest BCUT2D eigenvalue weighted by Crippen LogP contribution is -2.34. The molecular weight excluding hydrogens is 340 g/mol. The summed E-state index contributed by atoms with van der Waals surface area (Å²) in [6, 6.07) is 1.19. The Morgan fingerprint density at radius 1 is 1.62 bits per heavy atom. The number of aromatic nitrogens is 1. The number of carbonyl (C=O) groups excluding carboxylic acids is 1. The summed E-state index contributed by atoms with van der Waals surface area (Å²) < 4.78 is 6.51. The highest BCUT2D eigenvalue weighted by atomic mass is 79.9. The molecule has 0 aliphatic heterocycles. The highest BCUT2D eigenvalue weighted by Gasteiger charge is 2.17. The van der Waals surface area contributed by atoms with Gasteiger partial charge in [-0.1, -0.05) is 0 Å². The van der Waals surface area contributed by atoms with Crippen LogP contribution in [-0.4, -0.2) is 23.6 Å². The summed E-state index contributed by atoms with van der Waals surface area (Å²) in [5, 5.41) is 0. The zero-order chi connectivity index (χ0) is 12.1. The predicted molar refractivity (Wildman–Crippen MR) is 67.9 cm³/mol. The van der Waals surface area contributed by atoms with Crippen molar-refractivity contribution in [1.82, 2.24) is 4.98 Å². The van der Waals surface area contributed by atoms with Gasteiger partial charge in [0.25, 0.3) is 0 Å². The van der Waals surface area contributed by atoms with E-state index in [1.807, 2.05) is 6.07 Å². The summed E-state index contributed by atoms with van der Waals surface area (Å²) in [5.41, 5.74) is 6.43. The molecule has 0 aliphatic carbocycles. The summed E-state index contributed by atoms with van der Waals surface area (Å²) in [4.78, 5) is 15.5. The second-order valence-electron chi connectivity index (χ2n) is 3.14. The molecule has 1 aromatic rings. The van der Waals surface area contributed by atoms with Crippen LogP contribution in [0.4, 0.5) is 0 Å². The van der Waals surface area contributed by atoms with Crippen molar-refractivity contribution in [3.8, 4) is 0 Å². The van der Waals surface area contributed by atoms with Gasteiger partial charge < -0.3 is 10.5 Å². The Kier molecular flexibility index (Phi) is 5.37. The zero-order valence-electron chi connectivity index (χ0n) is 8.74. The first-order chi connectivity index (χ1) is 7.54. The Hall–Kier alpha value is -0.460. The molecule has 0 aliphatic rings. The van der Waals surface area contributed by atoms with E-state index in [9.17, 15) is 4.79 Å². The van der Waals surface area contributed by atoms with Crippen LogP contribution in [0, 0.1) is 0 Å². The average molecular weight is 352 g/mol. The van der Waals surface area contributed by atoms with E-state index in [1.165, 1.54) is 0 Å². The van der Waals surface area contributed by atoms with Crippen LogP contribution in [0.3, 0.4) is 0 Å². The van der Waals surface area contributed by atoms with Gasteiger partial charge >= 0.3 is 5.97 Å². The Bertz CT molecular complexity index is 385. The van der Waals surface area contributed by atoms with E-state index < -0.39 is 12.0 Å². The van der Waals surface area contributed by atoms with E-state index in [1.54, 1.807) is 13.1 Å². The minimum atomic E-state index is -0.676. The van der Waals surface area contributed by atoms with Crippen molar-refractivity contribution >= 4 is 37.8 Å². The van der Waals surface area contributed by atoms with Crippen molar-refractivity contribution in [2.75, 3.05) is 6.61 Å². The lowest BCUT2D eigenvalue weighted by atomic mass is 10.1. The molecule has 1 atom stereocenters. The number of halogens is 2. The molecule has 0 saturated heterocycles. The van der Waals surface area contributed by atoms with Crippen molar-refractivity contribution in [3.05, 3.63) is 26.9 Å². The van der Waals surface area contributed by atoms with Crippen LogP contribution in [0.1, 0.15) is 12.6 Å². The van der Waals surface area contributed by atoms with Gasteiger partial charge in [0.15, 0.2) is 0 Å². The maximum atomic E-state index is 11.3. The third kappa shape index (κ3) is 3.84. The van der Waals surface area contributed by atoms with E-state index in [-0.39, 0.29) is 0 Å². The second kappa shape index (κ2) is 6.32. The number of hydrogen-bond acceptors (Lipinski definition) is 4. The maximum Gasteiger partial charge on any atom is 0.323 e. The molecule has 88 valence electrons. The third-order valence-electron chi connectivity index (χ3n) is 1.89. The number of hydrogen-bond donors (Lipinski definition) is 1. The number of esters is 1. The Balaban J connectivity index is 2.69. The smallest absolute Gasteiger partial charge is 0.323 e. The van der Waals surface area contributed by atoms with Gasteiger partial charge in [-0.3, -0.25) is 9.78 Å². The van der Waals surface area contributed by atoms with Gasteiger partial charge in [-0.15, -0.1) is 0 Å². The number of nitrogens with two attached hydrogens (primary N) is 1. The first-order valence-corrected chi connectivity index (χ1v) is 6.35. The van der Waals surface area contributed by atoms with Gasteiger partial charge in [-0.2, -0.15) is 0 Å². The fraction of sp³-hybridized carbons (Fsp3) is 0.400. The number of rotatable bonds is 4. The van der Waals surface area contributed by atoms with Crippen molar-refractivity contribution in [2.24, 2.45) is 5.73 Å². The lowest BCUT2D eigenvalue weighted by molar-refractivity contribution is -0.144. The molecule has 0 bridgehead atoms. The van der Waals surface area contributed by atoms with Crippen molar-refractivity contribution in [3.63, 3.8) is 0 Å². The van der Waals surface area contributed by atoms with Crippen LogP contribution in [0.5, 0.6) is 0 Å². The molecule has 0 radical (unpaired) electrons. The molecule has 0 amide bonds. The Morgan fingerprint density at radius 2 is 2.31 bits per heavy atom. The van der Waals surface area contributed by atoms with Crippen LogP contribution in [0.2, 0.25) is 0 Å². The Morgan fingerprint density at radius 3 is 2.88 bits per heavy atom. The van der Waals surface area contributed by atoms with Crippen molar-refractivity contribution < 1.29 is 9.53 Å². The van der Waals surface area contributed by atoms with E-state index in [4.69, 9.17) is 10.5 Å². The molecule has 1 heterocycles. The van der Waals surface area contributed by atoms with Crippen LogP contribution >= 0.6 is 31.9 Å². The summed E-state index contributed by atoms with van der Waals surface area (Å²) in [6.45, 7) is 2.08. The minimum absolute atomic E-state index is 0.335. The van der Waals surface area contributed by atoms with E-state index in [0.717, 1.165) is 14.6 Å². The van der Waals surface area contributed by atoms with Crippen LogP contribution < -0.4 is 5.73 Å². The van der Waals surface area contributed by atoms with Gasteiger partial charge in [-0.25, -0.2) is 0 Å². The van der Waals surface area contributed by atoms with Gasteiger partial charge in [-0.05, 0) is 44.8 Å². The summed E-state index contributed by atoms with van der Waals surface area (Å²) >= 11 is 6.66. The Labute approximate surface area is 111 Å². The molecule has 0 aromatic carbocycles. The molecule has 0 fully saturated rings. The van der Waals surface area contributed by atoms with Gasteiger partial charge in [0.1, 0.15) is 6.04 Å². The summed E-state index contributed by atoms with van der Waals surface area (Å²) in [7, 11) is 0. The van der Waals surface area contributed by atoms with E-state index >= 15 is 0 Å². The quantitative estimate of drug-likeness (QED) is 0.843. The molecule has 1 unspecified atom stereocenters. The molecular formula is C10H12Br2N2O2. The standard InChI is InChI=1S/C10H12Br2N2O2/c1-2-16-10(15)8(13)4-9-7(12)3-6(11)5-14-9/h3,5,8H,2,4,13H2,1H3. The first kappa shape index (κ1) is 13.6. The van der Waals surface area contributed by atoms with Crippen molar-refractivity contribution in [1.29, 1.82) is 0 Å². The average Bonchev–Trinajstić information content (AvgIpc) is 2.22.